The van der Waals surface area contributed by atoms with Crippen LogP contribution in [0.5, 0.6) is 0 Å². The van der Waals surface area contributed by atoms with E-state index < -0.39 is 0 Å². The molecular formula is C12H15NO. The zero-order valence-electron chi connectivity index (χ0n) is 8.21. The van der Waals surface area contributed by atoms with Gasteiger partial charge in [-0.2, -0.15) is 0 Å². The molecule has 0 fully saturated rings. The molecule has 1 aromatic rings. The molecule has 0 aromatic heterocycles. The molecule has 2 aliphatic rings. The van der Waals surface area contributed by atoms with Gasteiger partial charge in [-0.1, -0.05) is 6.07 Å². The van der Waals surface area contributed by atoms with Crippen molar-refractivity contribution in [3.8, 4) is 0 Å². The largest absolute Gasteiger partial charge is 0.398 e. The normalized spacial score (nSPS) is 23.6. The molecule has 1 aromatic carbocycles. The van der Waals surface area contributed by atoms with Crippen LogP contribution in [-0.2, 0) is 19.3 Å². The van der Waals surface area contributed by atoms with E-state index in [1.165, 1.54) is 23.1 Å². The van der Waals surface area contributed by atoms with Crippen molar-refractivity contribution < 1.29 is 5.11 Å². The summed E-state index contributed by atoms with van der Waals surface area (Å²) in [5.41, 5.74) is 12.2. The fourth-order valence-electron chi connectivity index (χ4n) is 2.86. The van der Waals surface area contributed by atoms with Gasteiger partial charge in [0.05, 0.1) is 6.10 Å². The predicted octanol–water partition coefficient (Wildman–Crippen LogP) is 1.74. The van der Waals surface area contributed by atoms with Crippen molar-refractivity contribution in [3.63, 3.8) is 0 Å². The minimum absolute atomic E-state index is 0.266. The number of rotatable bonds is 0. The van der Waals surface area contributed by atoms with Crippen LogP contribution in [0.1, 0.15) is 41.2 Å². The molecule has 14 heavy (non-hydrogen) atoms. The first-order valence-corrected chi connectivity index (χ1v) is 5.38. The van der Waals surface area contributed by atoms with Crippen molar-refractivity contribution in [1.29, 1.82) is 0 Å². The number of aliphatic hydroxyl groups is 1. The number of anilines is 1. The van der Waals surface area contributed by atoms with Gasteiger partial charge in [-0.05, 0) is 54.4 Å². The topological polar surface area (TPSA) is 46.2 Å². The van der Waals surface area contributed by atoms with Gasteiger partial charge in [0, 0.05) is 5.69 Å². The lowest BCUT2D eigenvalue weighted by atomic mass is 9.99. The van der Waals surface area contributed by atoms with E-state index in [0.29, 0.717) is 0 Å². The lowest BCUT2D eigenvalue weighted by molar-refractivity contribution is 0.180. The molecule has 0 spiro atoms. The summed E-state index contributed by atoms with van der Waals surface area (Å²) < 4.78 is 0. The van der Waals surface area contributed by atoms with Crippen LogP contribution in [0.2, 0.25) is 0 Å². The molecule has 2 heteroatoms. The van der Waals surface area contributed by atoms with Gasteiger partial charge in [0.1, 0.15) is 0 Å². The molecule has 0 heterocycles. The number of benzene rings is 1. The first kappa shape index (κ1) is 8.30. The lowest BCUT2D eigenvalue weighted by Gasteiger charge is -2.11. The van der Waals surface area contributed by atoms with Gasteiger partial charge < -0.3 is 10.8 Å². The van der Waals surface area contributed by atoms with Crippen LogP contribution < -0.4 is 5.73 Å². The molecule has 1 atom stereocenters. The Bertz CT molecular complexity index is 398. The highest BCUT2D eigenvalue weighted by molar-refractivity contribution is 5.63. The molecule has 0 radical (unpaired) electrons. The molecule has 0 amide bonds. The van der Waals surface area contributed by atoms with E-state index in [1.807, 2.05) is 0 Å². The standard InChI is InChI=1S/C12H15NO/c13-12-8-3-1-2-7(8)6-10-9(12)4-5-11(10)14/h6,11,14H,1-5,13H2/t11-/m0/s1. The van der Waals surface area contributed by atoms with Crippen LogP contribution >= 0.6 is 0 Å². The Labute approximate surface area is 83.7 Å². The molecule has 0 bridgehead atoms. The summed E-state index contributed by atoms with van der Waals surface area (Å²) in [5.74, 6) is 0. The van der Waals surface area contributed by atoms with Gasteiger partial charge in [0.2, 0.25) is 0 Å². The van der Waals surface area contributed by atoms with Crippen LogP contribution in [0.4, 0.5) is 5.69 Å². The maximum absolute atomic E-state index is 9.78. The first-order valence-electron chi connectivity index (χ1n) is 5.38. The van der Waals surface area contributed by atoms with E-state index in [0.717, 1.165) is 36.9 Å². The Kier molecular flexibility index (Phi) is 1.62. The number of fused-ring (bicyclic) bond motifs is 2. The molecule has 3 N–H and O–H groups in total. The van der Waals surface area contributed by atoms with E-state index in [4.69, 9.17) is 5.73 Å². The number of hydrogen-bond donors (Lipinski definition) is 2. The van der Waals surface area contributed by atoms with E-state index in [1.54, 1.807) is 0 Å². The van der Waals surface area contributed by atoms with Crippen LogP contribution in [0, 0.1) is 0 Å². The summed E-state index contributed by atoms with van der Waals surface area (Å²) in [7, 11) is 0. The lowest BCUT2D eigenvalue weighted by Crippen LogP contribution is -2.01. The van der Waals surface area contributed by atoms with Gasteiger partial charge >= 0.3 is 0 Å². The third kappa shape index (κ3) is 0.947. The Morgan fingerprint density at radius 3 is 2.93 bits per heavy atom. The van der Waals surface area contributed by atoms with E-state index in [9.17, 15) is 5.11 Å². The van der Waals surface area contributed by atoms with Gasteiger partial charge in [-0.25, -0.2) is 0 Å². The molecule has 2 aliphatic carbocycles. The van der Waals surface area contributed by atoms with Crippen LogP contribution in [0.3, 0.4) is 0 Å². The second-order valence-corrected chi connectivity index (χ2v) is 4.40. The van der Waals surface area contributed by atoms with Crippen molar-refractivity contribution in [3.05, 3.63) is 28.3 Å². The Balaban J connectivity index is 2.24. The predicted molar refractivity (Wildman–Crippen MR) is 56.2 cm³/mol. The van der Waals surface area contributed by atoms with Crippen molar-refractivity contribution in [1.82, 2.24) is 0 Å². The molecule has 0 unspecified atom stereocenters. The number of hydrogen-bond acceptors (Lipinski definition) is 2. The van der Waals surface area contributed by atoms with Crippen molar-refractivity contribution in [2.24, 2.45) is 0 Å². The van der Waals surface area contributed by atoms with Gasteiger partial charge in [-0.3, -0.25) is 0 Å². The number of aryl methyl sites for hydroxylation is 1. The van der Waals surface area contributed by atoms with Crippen molar-refractivity contribution in [2.75, 3.05) is 5.73 Å². The summed E-state index contributed by atoms with van der Waals surface area (Å²) in [5, 5.41) is 9.78. The zero-order chi connectivity index (χ0) is 9.71. The quantitative estimate of drug-likeness (QED) is 0.611. The summed E-state index contributed by atoms with van der Waals surface area (Å²) >= 11 is 0. The Hall–Kier alpha value is -1.02. The van der Waals surface area contributed by atoms with E-state index in [-0.39, 0.29) is 6.10 Å². The Morgan fingerprint density at radius 1 is 1.21 bits per heavy atom. The molecular weight excluding hydrogens is 174 g/mol. The SMILES string of the molecule is Nc1c2c(cc3c1CC[C@@H]3O)CCC2. The number of nitrogens with two attached hydrogens (primary N) is 1. The second-order valence-electron chi connectivity index (χ2n) is 4.40. The summed E-state index contributed by atoms with van der Waals surface area (Å²) in [6.45, 7) is 0. The highest BCUT2D eigenvalue weighted by atomic mass is 16.3. The highest BCUT2D eigenvalue weighted by Gasteiger charge is 2.26. The fourth-order valence-corrected chi connectivity index (χ4v) is 2.86. The molecule has 2 nitrogen and oxygen atoms in total. The molecule has 74 valence electrons. The minimum Gasteiger partial charge on any atom is -0.398 e. The van der Waals surface area contributed by atoms with Gasteiger partial charge in [0.25, 0.3) is 0 Å². The zero-order valence-corrected chi connectivity index (χ0v) is 8.21. The number of aliphatic hydroxyl groups excluding tert-OH is 1. The average Bonchev–Trinajstić information content (AvgIpc) is 2.75. The van der Waals surface area contributed by atoms with Crippen molar-refractivity contribution >= 4 is 5.69 Å². The van der Waals surface area contributed by atoms with E-state index in [2.05, 4.69) is 6.07 Å². The van der Waals surface area contributed by atoms with Crippen LogP contribution in [0.25, 0.3) is 0 Å². The fraction of sp³-hybridized carbons (Fsp3) is 0.500. The molecule has 0 saturated carbocycles. The smallest absolute Gasteiger partial charge is 0.0796 e. The average molecular weight is 189 g/mol. The van der Waals surface area contributed by atoms with Crippen LogP contribution in [0.15, 0.2) is 6.07 Å². The monoisotopic (exact) mass is 189 g/mol. The van der Waals surface area contributed by atoms with Crippen molar-refractivity contribution in [2.45, 2.75) is 38.2 Å². The highest BCUT2D eigenvalue weighted by Crippen LogP contribution is 2.40. The summed E-state index contributed by atoms with van der Waals surface area (Å²) in [6.07, 6.45) is 5.03. The summed E-state index contributed by atoms with van der Waals surface area (Å²) in [6, 6.07) is 2.19. The first-order chi connectivity index (χ1) is 6.77. The third-order valence-corrected chi connectivity index (χ3v) is 3.62. The maximum atomic E-state index is 9.78. The summed E-state index contributed by atoms with van der Waals surface area (Å²) in [4.78, 5) is 0. The maximum Gasteiger partial charge on any atom is 0.0796 e. The minimum atomic E-state index is -0.266. The van der Waals surface area contributed by atoms with Crippen LogP contribution in [-0.4, -0.2) is 5.11 Å². The number of nitrogen functional groups attached to an aromatic ring is 1. The van der Waals surface area contributed by atoms with Gasteiger partial charge in [0.15, 0.2) is 0 Å². The van der Waals surface area contributed by atoms with E-state index >= 15 is 0 Å². The van der Waals surface area contributed by atoms with Gasteiger partial charge in [-0.15, -0.1) is 0 Å². The molecule has 3 rings (SSSR count). The Morgan fingerprint density at radius 2 is 2.07 bits per heavy atom. The second kappa shape index (κ2) is 2.74. The molecule has 0 aliphatic heterocycles. The third-order valence-electron chi connectivity index (χ3n) is 3.62. The molecule has 0 saturated heterocycles.